The van der Waals surface area contributed by atoms with Gasteiger partial charge in [0.15, 0.2) is 0 Å². The summed E-state index contributed by atoms with van der Waals surface area (Å²) in [4.78, 5) is 0. The molecule has 0 saturated heterocycles. The Morgan fingerprint density at radius 3 is 2.37 bits per heavy atom. The molecule has 0 heterocycles. The van der Waals surface area contributed by atoms with E-state index in [4.69, 9.17) is 0 Å². The second kappa shape index (κ2) is 4.71. The lowest BCUT2D eigenvalue weighted by Gasteiger charge is -2.23. The van der Waals surface area contributed by atoms with E-state index in [1.807, 2.05) is 30.3 Å². The fraction of sp³-hybridized carbons (Fsp3) is 0.294. The minimum Gasteiger partial charge on any atom is -0.508 e. The van der Waals surface area contributed by atoms with Crippen LogP contribution in [0.15, 0.2) is 54.6 Å². The van der Waals surface area contributed by atoms with Crippen molar-refractivity contribution in [3.8, 4) is 5.75 Å². The Morgan fingerprint density at radius 1 is 1.00 bits per heavy atom. The van der Waals surface area contributed by atoms with Crippen LogP contribution in [0.2, 0.25) is 0 Å². The highest BCUT2D eigenvalue weighted by atomic mass is 16.3. The van der Waals surface area contributed by atoms with Gasteiger partial charge in [-0.25, -0.2) is 0 Å². The molecule has 0 spiro atoms. The molecule has 1 saturated carbocycles. The molecular formula is C17H18O2. The molecule has 0 radical (unpaired) electrons. The molecule has 19 heavy (non-hydrogen) atoms. The Kier molecular flexibility index (Phi) is 3.03. The van der Waals surface area contributed by atoms with Crippen molar-refractivity contribution in [3.05, 3.63) is 65.7 Å². The number of aliphatic hydroxyl groups is 1. The van der Waals surface area contributed by atoms with Gasteiger partial charge in [-0.2, -0.15) is 0 Å². The maximum Gasteiger partial charge on any atom is 0.115 e. The zero-order chi connectivity index (χ0) is 13.3. The van der Waals surface area contributed by atoms with Crippen molar-refractivity contribution in [2.24, 2.45) is 0 Å². The third-order valence-corrected chi connectivity index (χ3v) is 4.11. The summed E-state index contributed by atoms with van der Waals surface area (Å²) >= 11 is 0. The topological polar surface area (TPSA) is 40.5 Å². The number of aliphatic hydroxyl groups excluding tert-OH is 1. The molecule has 0 amide bonds. The van der Waals surface area contributed by atoms with Crippen molar-refractivity contribution in [2.75, 3.05) is 0 Å². The highest BCUT2D eigenvalue weighted by Crippen LogP contribution is 2.51. The van der Waals surface area contributed by atoms with E-state index in [1.165, 1.54) is 5.56 Å². The molecule has 0 aromatic heterocycles. The van der Waals surface area contributed by atoms with Gasteiger partial charge in [0.25, 0.3) is 0 Å². The molecule has 0 aliphatic heterocycles. The molecule has 0 bridgehead atoms. The molecule has 2 heteroatoms. The van der Waals surface area contributed by atoms with Gasteiger partial charge in [0.05, 0.1) is 6.10 Å². The van der Waals surface area contributed by atoms with E-state index in [0.717, 1.165) is 18.4 Å². The third kappa shape index (κ3) is 2.36. The molecule has 1 fully saturated rings. The predicted molar refractivity (Wildman–Crippen MR) is 75.2 cm³/mol. The predicted octanol–water partition coefficient (Wildman–Crippen LogP) is 3.03. The van der Waals surface area contributed by atoms with Crippen molar-refractivity contribution in [1.29, 1.82) is 0 Å². The summed E-state index contributed by atoms with van der Waals surface area (Å²) in [7, 11) is 0. The third-order valence-electron chi connectivity index (χ3n) is 4.11. The van der Waals surface area contributed by atoms with Crippen LogP contribution in [0.25, 0.3) is 0 Å². The first-order valence-corrected chi connectivity index (χ1v) is 6.72. The minimum atomic E-state index is -0.392. The molecular weight excluding hydrogens is 236 g/mol. The van der Waals surface area contributed by atoms with Gasteiger partial charge >= 0.3 is 0 Å². The molecule has 1 unspecified atom stereocenters. The van der Waals surface area contributed by atoms with Gasteiger partial charge in [-0.05, 0) is 42.5 Å². The van der Waals surface area contributed by atoms with Gasteiger partial charge in [-0.1, -0.05) is 42.5 Å². The van der Waals surface area contributed by atoms with Crippen LogP contribution in [0, 0.1) is 0 Å². The molecule has 2 aromatic carbocycles. The highest BCUT2D eigenvalue weighted by Gasteiger charge is 2.49. The zero-order valence-electron chi connectivity index (χ0n) is 10.8. The van der Waals surface area contributed by atoms with Crippen molar-refractivity contribution in [2.45, 2.75) is 30.8 Å². The van der Waals surface area contributed by atoms with Gasteiger partial charge in [0, 0.05) is 5.41 Å². The molecule has 1 aliphatic carbocycles. The lowest BCUT2D eigenvalue weighted by atomic mass is 9.86. The summed E-state index contributed by atoms with van der Waals surface area (Å²) in [5.74, 6) is 0.259. The number of phenolic OH excluding ortho intramolecular Hbond substituents is 1. The number of hydrogen-bond donors (Lipinski definition) is 2. The number of rotatable bonds is 4. The molecule has 2 N–H and O–H groups in total. The quantitative estimate of drug-likeness (QED) is 0.880. The van der Waals surface area contributed by atoms with Gasteiger partial charge < -0.3 is 10.2 Å². The summed E-state index contributed by atoms with van der Waals surface area (Å²) in [6, 6.07) is 17.4. The molecule has 1 aliphatic rings. The van der Waals surface area contributed by atoms with Crippen LogP contribution in [0.1, 0.15) is 24.0 Å². The Bertz CT molecular complexity index is 558. The summed E-state index contributed by atoms with van der Waals surface area (Å²) in [6.45, 7) is 0. The molecule has 2 nitrogen and oxygen atoms in total. The Morgan fingerprint density at radius 2 is 1.74 bits per heavy atom. The second-order valence-corrected chi connectivity index (χ2v) is 5.41. The van der Waals surface area contributed by atoms with E-state index in [0.29, 0.717) is 6.42 Å². The van der Waals surface area contributed by atoms with E-state index in [-0.39, 0.29) is 11.2 Å². The lowest BCUT2D eigenvalue weighted by Crippen LogP contribution is -2.28. The Hall–Kier alpha value is -1.80. The van der Waals surface area contributed by atoms with Crippen molar-refractivity contribution in [3.63, 3.8) is 0 Å². The first kappa shape index (κ1) is 12.2. The maximum absolute atomic E-state index is 10.6. The highest BCUT2D eigenvalue weighted by molar-refractivity contribution is 5.35. The van der Waals surface area contributed by atoms with E-state index in [1.54, 1.807) is 12.1 Å². The Balaban J connectivity index is 1.79. The second-order valence-electron chi connectivity index (χ2n) is 5.41. The maximum atomic E-state index is 10.6. The zero-order valence-corrected chi connectivity index (χ0v) is 10.8. The molecule has 2 aromatic rings. The Labute approximate surface area is 113 Å². The van der Waals surface area contributed by atoms with Crippen LogP contribution in [0.3, 0.4) is 0 Å². The van der Waals surface area contributed by atoms with Crippen LogP contribution in [0.5, 0.6) is 5.75 Å². The number of phenols is 1. The normalized spacial score (nSPS) is 17.9. The first-order chi connectivity index (χ1) is 9.21. The van der Waals surface area contributed by atoms with Crippen molar-refractivity contribution >= 4 is 0 Å². The van der Waals surface area contributed by atoms with Crippen LogP contribution < -0.4 is 0 Å². The van der Waals surface area contributed by atoms with E-state index in [2.05, 4.69) is 12.1 Å². The van der Waals surface area contributed by atoms with Gasteiger partial charge in [0.2, 0.25) is 0 Å². The van der Waals surface area contributed by atoms with Crippen LogP contribution >= 0.6 is 0 Å². The van der Waals surface area contributed by atoms with Gasteiger partial charge in [-0.3, -0.25) is 0 Å². The van der Waals surface area contributed by atoms with E-state index < -0.39 is 6.10 Å². The lowest BCUT2D eigenvalue weighted by molar-refractivity contribution is 0.131. The first-order valence-electron chi connectivity index (χ1n) is 6.72. The fourth-order valence-corrected chi connectivity index (χ4v) is 2.82. The summed E-state index contributed by atoms with van der Waals surface area (Å²) in [6.07, 6.45) is 2.27. The summed E-state index contributed by atoms with van der Waals surface area (Å²) < 4.78 is 0. The monoisotopic (exact) mass is 254 g/mol. The summed E-state index contributed by atoms with van der Waals surface area (Å²) in [5, 5.41) is 20.0. The number of benzene rings is 2. The smallest absolute Gasteiger partial charge is 0.115 e. The standard InChI is InChI=1S/C17H18O2/c18-15-8-4-5-13(11-15)12-16(19)17(9-10-17)14-6-2-1-3-7-14/h1-8,11,16,18-19H,9-10,12H2. The average molecular weight is 254 g/mol. The van der Waals surface area contributed by atoms with E-state index >= 15 is 0 Å². The van der Waals surface area contributed by atoms with Crippen molar-refractivity contribution in [1.82, 2.24) is 0 Å². The van der Waals surface area contributed by atoms with E-state index in [9.17, 15) is 10.2 Å². The molecule has 3 rings (SSSR count). The van der Waals surface area contributed by atoms with Crippen LogP contribution in [-0.4, -0.2) is 16.3 Å². The van der Waals surface area contributed by atoms with Gasteiger partial charge in [0.1, 0.15) is 5.75 Å². The average Bonchev–Trinajstić information content (AvgIpc) is 3.21. The number of aromatic hydroxyl groups is 1. The fourth-order valence-electron chi connectivity index (χ4n) is 2.82. The van der Waals surface area contributed by atoms with Crippen LogP contribution in [0.4, 0.5) is 0 Å². The van der Waals surface area contributed by atoms with Crippen molar-refractivity contribution < 1.29 is 10.2 Å². The van der Waals surface area contributed by atoms with Crippen LogP contribution in [-0.2, 0) is 11.8 Å². The SMILES string of the molecule is Oc1cccc(CC(O)C2(c3ccccc3)CC2)c1. The summed E-state index contributed by atoms with van der Waals surface area (Å²) in [5.41, 5.74) is 2.13. The largest absolute Gasteiger partial charge is 0.508 e. The van der Waals surface area contributed by atoms with Gasteiger partial charge in [-0.15, -0.1) is 0 Å². The molecule has 98 valence electrons. The minimum absolute atomic E-state index is 0.0767. The number of hydrogen-bond acceptors (Lipinski definition) is 2. The molecule has 1 atom stereocenters.